The number of carbonyl (C=O) groups is 2. The van der Waals surface area contributed by atoms with Crippen molar-refractivity contribution in [1.82, 2.24) is 0 Å². The highest BCUT2D eigenvalue weighted by Crippen LogP contribution is 2.54. The zero-order valence-electron chi connectivity index (χ0n) is 15.7. The van der Waals surface area contributed by atoms with Gasteiger partial charge in [-0.1, -0.05) is 39.7 Å². The van der Waals surface area contributed by atoms with Crippen molar-refractivity contribution in [1.29, 1.82) is 0 Å². The van der Waals surface area contributed by atoms with Gasteiger partial charge in [-0.2, -0.15) is 0 Å². The van der Waals surface area contributed by atoms with Crippen LogP contribution < -0.4 is 0 Å². The first-order chi connectivity index (χ1) is 10.8. The number of allylic oxidation sites excluding steroid dienone is 2. The molecule has 2 rings (SSSR count). The van der Waals surface area contributed by atoms with E-state index in [-0.39, 0.29) is 5.41 Å². The van der Waals surface area contributed by atoms with Crippen LogP contribution in [0.25, 0.3) is 0 Å². The molecule has 2 aliphatic rings. The highest BCUT2D eigenvalue weighted by molar-refractivity contribution is 5.96. The number of ketones is 2. The predicted molar refractivity (Wildman–Crippen MR) is 95.2 cm³/mol. The molecule has 0 N–H and O–H groups in total. The van der Waals surface area contributed by atoms with E-state index in [1.54, 1.807) is 0 Å². The van der Waals surface area contributed by atoms with Crippen LogP contribution in [0.3, 0.4) is 0 Å². The van der Waals surface area contributed by atoms with Gasteiger partial charge in [-0.25, -0.2) is 0 Å². The smallest absolute Gasteiger partial charge is 0.161 e. The Bertz CT molecular complexity index is 488. The van der Waals surface area contributed by atoms with Gasteiger partial charge in [0.25, 0.3) is 0 Å². The number of Topliss-reactive ketones (excluding diaryl/α,β-unsaturated/α-hetero) is 1. The van der Waals surface area contributed by atoms with Crippen molar-refractivity contribution in [3.63, 3.8) is 0 Å². The molecule has 23 heavy (non-hydrogen) atoms. The molecule has 0 aliphatic heterocycles. The molecule has 0 radical (unpaired) electrons. The van der Waals surface area contributed by atoms with Crippen LogP contribution in [0.15, 0.2) is 11.6 Å². The quantitative estimate of drug-likeness (QED) is 0.660. The van der Waals surface area contributed by atoms with E-state index in [2.05, 4.69) is 34.6 Å². The number of carbonyl (C=O) groups excluding carboxylic acids is 2. The second-order valence-electron chi connectivity index (χ2n) is 8.63. The van der Waals surface area contributed by atoms with Crippen LogP contribution in [0.1, 0.15) is 79.6 Å². The number of hydrogen-bond donors (Lipinski definition) is 0. The standard InChI is InChI=1S/C21H34O2/c1-6-16(13-17(22)11-14(2)3)18-9-10-21(5)19(18)8-7-15(4)12-20(21)23/h12,14,16,18-19H,6-11,13H2,1-5H3/t16-,18-,19-,21-/m1/s1. The Morgan fingerprint density at radius 3 is 2.61 bits per heavy atom. The van der Waals surface area contributed by atoms with Gasteiger partial charge in [-0.15, -0.1) is 0 Å². The normalized spacial score (nSPS) is 32.4. The lowest BCUT2D eigenvalue weighted by Gasteiger charge is -2.34. The molecule has 2 nitrogen and oxygen atoms in total. The molecule has 0 heterocycles. The van der Waals surface area contributed by atoms with Crippen molar-refractivity contribution in [3.8, 4) is 0 Å². The van der Waals surface area contributed by atoms with E-state index in [9.17, 15) is 9.59 Å². The van der Waals surface area contributed by atoms with Crippen LogP contribution >= 0.6 is 0 Å². The summed E-state index contributed by atoms with van der Waals surface area (Å²) in [6.07, 6.45) is 8.64. The first-order valence-electron chi connectivity index (χ1n) is 9.51. The Kier molecular flexibility index (Phi) is 5.86. The average Bonchev–Trinajstić information content (AvgIpc) is 2.75. The molecular formula is C21H34O2. The van der Waals surface area contributed by atoms with E-state index in [0.29, 0.717) is 48.1 Å². The highest BCUT2D eigenvalue weighted by atomic mass is 16.1. The molecule has 0 bridgehead atoms. The Morgan fingerprint density at radius 1 is 1.30 bits per heavy atom. The minimum Gasteiger partial charge on any atom is -0.300 e. The van der Waals surface area contributed by atoms with Crippen LogP contribution in [-0.4, -0.2) is 11.6 Å². The van der Waals surface area contributed by atoms with Crippen molar-refractivity contribution in [2.75, 3.05) is 0 Å². The molecule has 0 aromatic heterocycles. The molecule has 1 fully saturated rings. The Labute approximate surface area is 142 Å². The van der Waals surface area contributed by atoms with E-state index in [0.717, 1.165) is 32.1 Å². The molecule has 0 aromatic carbocycles. The summed E-state index contributed by atoms with van der Waals surface area (Å²) in [6, 6.07) is 0. The van der Waals surface area contributed by atoms with E-state index < -0.39 is 0 Å². The van der Waals surface area contributed by atoms with Gasteiger partial charge in [-0.3, -0.25) is 9.59 Å². The lowest BCUT2D eigenvalue weighted by Crippen LogP contribution is -2.34. The summed E-state index contributed by atoms with van der Waals surface area (Å²) in [5, 5.41) is 0. The molecular weight excluding hydrogens is 284 g/mol. The van der Waals surface area contributed by atoms with E-state index in [1.165, 1.54) is 5.57 Å². The van der Waals surface area contributed by atoms with Gasteiger partial charge >= 0.3 is 0 Å². The second kappa shape index (κ2) is 7.32. The molecule has 4 atom stereocenters. The summed E-state index contributed by atoms with van der Waals surface area (Å²) >= 11 is 0. The van der Waals surface area contributed by atoms with Crippen molar-refractivity contribution >= 4 is 11.6 Å². The highest BCUT2D eigenvalue weighted by Gasteiger charge is 2.51. The zero-order valence-corrected chi connectivity index (χ0v) is 15.7. The molecule has 2 aliphatic carbocycles. The number of hydrogen-bond acceptors (Lipinski definition) is 2. The predicted octanol–water partition coefficient (Wildman–Crippen LogP) is 5.36. The van der Waals surface area contributed by atoms with Crippen molar-refractivity contribution < 1.29 is 9.59 Å². The first kappa shape index (κ1) is 18.4. The molecule has 2 heteroatoms. The lowest BCUT2D eigenvalue weighted by molar-refractivity contribution is -0.125. The lowest BCUT2D eigenvalue weighted by atomic mass is 9.69. The van der Waals surface area contributed by atoms with Gasteiger partial charge in [0.1, 0.15) is 5.78 Å². The molecule has 0 amide bonds. The van der Waals surface area contributed by atoms with Gasteiger partial charge in [0.15, 0.2) is 5.78 Å². The fourth-order valence-corrected chi connectivity index (χ4v) is 5.00. The molecule has 0 saturated heterocycles. The van der Waals surface area contributed by atoms with Gasteiger partial charge in [0.05, 0.1) is 0 Å². The van der Waals surface area contributed by atoms with Gasteiger partial charge in [0, 0.05) is 18.3 Å². The summed E-state index contributed by atoms with van der Waals surface area (Å²) in [5.74, 6) is 2.65. The summed E-state index contributed by atoms with van der Waals surface area (Å²) in [4.78, 5) is 25.0. The monoisotopic (exact) mass is 318 g/mol. The maximum atomic E-state index is 12.7. The van der Waals surface area contributed by atoms with Crippen molar-refractivity contribution in [2.45, 2.75) is 79.6 Å². The first-order valence-corrected chi connectivity index (χ1v) is 9.51. The van der Waals surface area contributed by atoms with Crippen LogP contribution in [0, 0.1) is 29.1 Å². The van der Waals surface area contributed by atoms with E-state index in [4.69, 9.17) is 0 Å². The molecule has 1 saturated carbocycles. The van der Waals surface area contributed by atoms with Gasteiger partial charge in [0.2, 0.25) is 0 Å². The maximum Gasteiger partial charge on any atom is 0.161 e. The van der Waals surface area contributed by atoms with Crippen LogP contribution in [-0.2, 0) is 9.59 Å². The third-order valence-corrected chi connectivity index (χ3v) is 6.38. The SMILES string of the molecule is CC[C@H](CC(=O)CC(C)C)[C@H]1CC[C@@]2(C)C(=O)C=C(C)CC[C@H]12. The third kappa shape index (κ3) is 3.95. The minimum absolute atomic E-state index is 0.184. The van der Waals surface area contributed by atoms with Crippen molar-refractivity contribution in [3.05, 3.63) is 11.6 Å². The van der Waals surface area contributed by atoms with Crippen LogP contribution in [0.5, 0.6) is 0 Å². The van der Waals surface area contributed by atoms with Gasteiger partial charge < -0.3 is 0 Å². The molecule has 0 aromatic rings. The summed E-state index contributed by atoms with van der Waals surface area (Å²) in [5.41, 5.74) is 1.05. The zero-order chi connectivity index (χ0) is 17.2. The Balaban J connectivity index is 2.14. The minimum atomic E-state index is -0.184. The third-order valence-electron chi connectivity index (χ3n) is 6.38. The largest absolute Gasteiger partial charge is 0.300 e. The van der Waals surface area contributed by atoms with Gasteiger partial charge in [-0.05, 0) is 62.4 Å². The number of fused-ring (bicyclic) bond motifs is 1. The van der Waals surface area contributed by atoms with E-state index in [1.807, 2.05) is 6.08 Å². The molecule has 0 unspecified atom stereocenters. The topological polar surface area (TPSA) is 34.1 Å². The fraction of sp³-hybridized carbons (Fsp3) is 0.810. The van der Waals surface area contributed by atoms with Crippen LogP contribution in [0.4, 0.5) is 0 Å². The van der Waals surface area contributed by atoms with Crippen molar-refractivity contribution in [2.24, 2.45) is 29.1 Å². The Morgan fingerprint density at radius 2 is 2.00 bits per heavy atom. The molecule has 130 valence electrons. The summed E-state index contributed by atoms with van der Waals surface area (Å²) in [7, 11) is 0. The summed E-state index contributed by atoms with van der Waals surface area (Å²) in [6.45, 7) is 10.7. The van der Waals surface area contributed by atoms with E-state index >= 15 is 0 Å². The number of rotatable bonds is 6. The Hall–Kier alpha value is -0.920. The fourth-order valence-electron chi connectivity index (χ4n) is 5.00. The average molecular weight is 319 g/mol. The second-order valence-corrected chi connectivity index (χ2v) is 8.63. The summed E-state index contributed by atoms with van der Waals surface area (Å²) < 4.78 is 0. The van der Waals surface area contributed by atoms with Crippen LogP contribution in [0.2, 0.25) is 0 Å². The molecule has 0 spiro atoms. The maximum absolute atomic E-state index is 12.7.